The minimum atomic E-state index is -1.58. The van der Waals surface area contributed by atoms with Crippen LogP contribution in [0, 0.1) is 5.41 Å². The van der Waals surface area contributed by atoms with Crippen molar-refractivity contribution in [3.63, 3.8) is 0 Å². The average Bonchev–Trinajstić information content (AvgIpc) is 1.94. The number of allylic oxidation sites excluding steroid dienone is 1. The third-order valence-corrected chi connectivity index (χ3v) is 2.60. The SMILES string of the molecule is C=C(/N=C/C(=C)C(C)(C)C)O[Si](C)(C)C. The van der Waals surface area contributed by atoms with Crippen molar-refractivity contribution < 1.29 is 4.43 Å². The Balaban J connectivity index is 4.32. The maximum absolute atomic E-state index is 5.61. The first-order chi connectivity index (χ1) is 6.52. The van der Waals surface area contributed by atoms with Gasteiger partial charge < -0.3 is 4.43 Å². The van der Waals surface area contributed by atoms with Gasteiger partial charge in [-0.25, -0.2) is 4.99 Å². The molecule has 0 bridgehead atoms. The molecule has 0 aliphatic heterocycles. The van der Waals surface area contributed by atoms with Crippen molar-refractivity contribution in [2.24, 2.45) is 10.4 Å². The highest BCUT2D eigenvalue weighted by Crippen LogP contribution is 2.22. The van der Waals surface area contributed by atoms with Gasteiger partial charge in [0.1, 0.15) is 0 Å². The van der Waals surface area contributed by atoms with E-state index in [0.717, 1.165) is 5.57 Å². The highest BCUT2D eigenvalue weighted by molar-refractivity contribution is 6.70. The van der Waals surface area contributed by atoms with Gasteiger partial charge in [-0.15, -0.1) is 0 Å². The molecule has 15 heavy (non-hydrogen) atoms. The molecule has 3 heteroatoms. The van der Waals surface area contributed by atoms with Crippen molar-refractivity contribution >= 4 is 14.5 Å². The molecule has 0 spiro atoms. The van der Waals surface area contributed by atoms with Crippen LogP contribution >= 0.6 is 0 Å². The highest BCUT2D eigenvalue weighted by atomic mass is 28.4. The Bertz CT molecular complexity index is 279. The van der Waals surface area contributed by atoms with Gasteiger partial charge in [0.2, 0.25) is 8.32 Å². The van der Waals surface area contributed by atoms with Crippen molar-refractivity contribution in [3.8, 4) is 0 Å². The van der Waals surface area contributed by atoms with E-state index in [9.17, 15) is 0 Å². The van der Waals surface area contributed by atoms with Crippen LogP contribution in [0.1, 0.15) is 20.8 Å². The lowest BCUT2D eigenvalue weighted by Crippen LogP contribution is -2.24. The third-order valence-electron chi connectivity index (χ3n) is 1.75. The second kappa shape index (κ2) is 4.79. The predicted molar refractivity (Wildman–Crippen MR) is 70.7 cm³/mol. The van der Waals surface area contributed by atoms with Crippen molar-refractivity contribution in [2.75, 3.05) is 0 Å². The zero-order chi connectivity index (χ0) is 12.3. The van der Waals surface area contributed by atoms with E-state index in [1.807, 2.05) is 0 Å². The van der Waals surface area contributed by atoms with Crippen LogP contribution in [0.3, 0.4) is 0 Å². The third kappa shape index (κ3) is 7.14. The molecule has 0 aromatic rings. The molecular formula is C12H23NOSi. The van der Waals surface area contributed by atoms with Crippen LogP contribution in [-0.4, -0.2) is 14.5 Å². The molecule has 0 radical (unpaired) electrons. The Labute approximate surface area is 94.9 Å². The topological polar surface area (TPSA) is 21.6 Å². The fourth-order valence-electron chi connectivity index (χ4n) is 0.723. The molecule has 0 unspecified atom stereocenters. The monoisotopic (exact) mass is 225 g/mol. The first kappa shape index (κ1) is 14.2. The molecule has 0 amide bonds. The molecule has 86 valence electrons. The minimum Gasteiger partial charge on any atom is -0.532 e. The number of hydrogen-bond acceptors (Lipinski definition) is 2. The van der Waals surface area contributed by atoms with Crippen molar-refractivity contribution in [3.05, 3.63) is 24.6 Å². The molecule has 0 aromatic heterocycles. The molecule has 2 nitrogen and oxygen atoms in total. The lowest BCUT2D eigenvalue weighted by molar-refractivity contribution is 0.420. The summed E-state index contributed by atoms with van der Waals surface area (Å²) >= 11 is 0. The van der Waals surface area contributed by atoms with Crippen molar-refractivity contribution in [1.29, 1.82) is 0 Å². The largest absolute Gasteiger partial charge is 0.532 e. The number of rotatable bonds is 4. The van der Waals surface area contributed by atoms with Gasteiger partial charge in [0.05, 0.1) is 0 Å². The van der Waals surface area contributed by atoms with Crippen LogP contribution in [-0.2, 0) is 4.43 Å². The Morgan fingerprint density at radius 1 is 1.20 bits per heavy atom. The Hall–Kier alpha value is -0.833. The van der Waals surface area contributed by atoms with E-state index in [0.29, 0.717) is 5.88 Å². The van der Waals surface area contributed by atoms with Crippen LogP contribution in [0.4, 0.5) is 0 Å². The molecule has 0 aliphatic rings. The summed E-state index contributed by atoms with van der Waals surface area (Å²) in [5.41, 5.74) is 1.02. The predicted octanol–water partition coefficient (Wildman–Crippen LogP) is 3.98. The van der Waals surface area contributed by atoms with Gasteiger partial charge in [0.15, 0.2) is 5.88 Å². The number of hydrogen-bond donors (Lipinski definition) is 0. The zero-order valence-corrected chi connectivity index (χ0v) is 11.8. The summed E-state index contributed by atoms with van der Waals surface area (Å²) in [4.78, 5) is 4.17. The zero-order valence-electron chi connectivity index (χ0n) is 10.8. The quantitative estimate of drug-likeness (QED) is 0.403. The van der Waals surface area contributed by atoms with Crippen LogP contribution < -0.4 is 0 Å². The summed E-state index contributed by atoms with van der Waals surface area (Å²) in [6.07, 6.45) is 1.74. The van der Waals surface area contributed by atoms with E-state index >= 15 is 0 Å². The van der Waals surface area contributed by atoms with Crippen LogP contribution in [0.5, 0.6) is 0 Å². The lowest BCUT2D eigenvalue weighted by Gasteiger charge is -2.20. The molecule has 0 atom stereocenters. The van der Waals surface area contributed by atoms with Gasteiger partial charge in [0.25, 0.3) is 0 Å². The van der Waals surface area contributed by atoms with E-state index in [1.54, 1.807) is 6.21 Å². The summed E-state index contributed by atoms with van der Waals surface area (Å²) in [6.45, 7) is 20.3. The normalized spacial score (nSPS) is 12.9. The lowest BCUT2D eigenvalue weighted by atomic mass is 9.88. The minimum absolute atomic E-state index is 0.0446. The number of nitrogens with zero attached hydrogens (tertiary/aromatic N) is 1. The first-order valence-electron chi connectivity index (χ1n) is 5.14. The van der Waals surface area contributed by atoms with E-state index in [1.165, 1.54) is 0 Å². The molecular weight excluding hydrogens is 202 g/mol. The first-order valence-corrected chi connectivity index (χ1v) is 8.54. The van der Waals surface area contributed by atoms with E-state index in [4.69, 9.17) is 4.43 Å². The van der Waals surface area contributed by atoms with Crippen LogP contribution in [0.25, 0.3) is 0 Å². The summed E-state index contributed by atoms with van der Waals surface area (Å²) in [5.74, 6) is 0.486. The van der Waals surface area contributed by atoms with E-state index in [2.05, 4.69) is 58.6 Å². The maximum Gasteiger partial charge on any atom is 0.244 e. The summed E-state index contributed by atoms with van der Waals surface area (Å²) in [6, 6.07) is 0. The Morgan fingerprint density at radius 2 is 1.67 bits per heavy atom. The van der Waals surface area contributed by atoms with Crippen LogP contribution in [0.15, 0.2) is 29.6 Å². The fraction of sp³-hybridized carbons (Fsp3) is 0.583. The fourth-order valence-corrected chi connectivity index (χ4v) is 1.48. The van der Waals surface area contributed by atoms with Crippen LogP contribution in [0.2, 0.25) is 19.6 Å². The second-order valence-electron chi connectivity index (χ2n) is 5.64. The standard InChI is InChI=1S/C12H23NOSi/c1-10(12(3,4)5)9-13-11(2)14-15(6,7)8/h9H,1-2H2,3-8H3/b13-9+. The van der Waals surface area contributed by atoms with Gasteiger partial charge in [0, 0.05) is 6.21 Å². The molecule has 0 heterocycles. The molecule has 0 N–H and O–H groups in total. The Kier molecular flexibility index (Phi) is 4.53. The molecule has 0 aliphatic carbocycles. The molecule has 0 saturated heterocycles. The smallest absolute Gasteiger partial charge is 0.244 e. The number of aliphatic imine (C=N–C) groups is 1. The molecule has 0 fully saturated rings. The highest BCUT2D eigenvalue weighted by Gasteiger charge is 2.17. The molecule has 0 saturated carbocycles. The van der Waals surface area contributed by atoms with E-state index < -0.39 is 8.32 Å². The summed E-state index contributed by atoms with van der Waals surface area (Å²) in [5, 5.41) is 0. The summed E-state index contributed by atoms with van der Waals surface area (Å²) < 4.78 is 5.61. The average molecular weight is 225 g/mol. The molecule has 0 rings (SSSR count). The van der Waals surface area contributed by atoms with Gasteiger partial charge in [-0.2, -0.15) is 0 Å². The van der Waals surface area contributed by atoms with E-state index in [-0.39, 0.29) is 5.41 Å². The van der Waals surface area contributed by atoms with Gasteiger partial charge in [-0.1, -0.05) is 27.4 Å². The van der Waals surface area contributed by atoms with Gasteiger partial charge in [-0.05, 0) is 37.2 Å². The van der Waals surface area contributed by atoms with Crippen molar-refractivity contribution in [1.82, 2.24) is 0 Å². The van der Waals surface area contributed by atoms with Gasteiger partial charge >= 0.3 is 0 Å². The summed E-state index contributed by atoms with van der Waals surface area (Å²) in [7, 11) is -1.58. The maximum atomic E-state index is 5.61. The Morgan fingerprint density at radius 3 is 2.00 bits per heavy atom. The van der Waals surface area contributed by atoms with Gasteiger partial charge in [-0.3, -0.25) is 0 Å². The molecule has 0 aromatic carbocycles. The second-order valence-corrected chi connectivity index (χ2v) is 10.1. The van der Waals surface area contributed by atoms with Crippen molar-refractivity contribution in [2.45, 2.75) is 40.4 Å².